The Hall–Kier alpha value is -0.760. The normalized spacial score (nSPS) is 13.5. The van der Waals surface area contributed by atoms with E-state index in [1.165, 1.54) is 12.1 Å². The molecule has 0 saturated carbocycles. The van der Waals surface area contributed by atoms with Crippen LogP contribution in [0.3, 0.4) is 0 Å². The number of aromatic nitrogens is 1. The number of hydrogen-bond acceptors (Lipinski definition) is 1. The first-order valence-electron chi connectivity index (χ1n) is 5.48. The van der Waals surface area contributed by atoms with E-state index < -0.39 is 0 Å². The van der Waals surface area contributed by atoms with Crippen molar-refractivity contribution in [3.63, 3.8) is 0 Å². The lowest BCUT2D eigenvalue weighted by Gasteiger charge is -2.20. The molecule has 14 heavy (non-hydrogen) atoms. The van der Waals surface area contributed by atoms with Crippen LogP contribution in [0.1, 0.15) is 32.9 Å². The standard InChI is InChI=1S/C12H22N2/c1-5-12(10(2)3)13-9-11-7-6-8-14(11)4/h6-8,10,12-13H,5,9H2,1-4H3. The first-order chi connectivity index (χ1) is 6.65. The smallest absolute Gasteiger partial charge is 0.0361 e. The highest BCUT2D eigenvalue weighted by atomic mass is 15.0. The molecule has 0 fully saturated rings. The second-order valence-electron chi connectivity index (χ2n) is 4.25. The molecule has 1 atom stereocenters. The molecule has 2 heteroatoms. The third kappa shape index (κ3) is 2.88. The minimum absolute atomic E-state index is 0.630. The minimum Gasteiger partial charge on any atom is -0.353 e. The summed E-state index contributed by atoms with van der Waals surface area (Å²) in [6, 6.07) is 4.89. The van der Waals surface area contributed by atoms with E-state index >= 15 is 0 Å². The van der Waals surface area contributed by atoms with E-state index in [0.29, 0.717) is 12.0 Å². The molecule has 1 heterocycles. The van der Waals surface area contributed by atoms with Gasteiger partial charge in [0.15, 0.2) is 0 Å². The van der Waals surface area contributed by atoms with Crippen LogP contribution in [0.2, 0.25) is 0 Å². The molecule has 0 spiro atoms. The number of nitrogens with one attached hydrogen (secondary N) is 1. The van der Waals surface area contributed by atoms with Crippen molar-refractivity contribution in [1.82, 2.24) is 9.88 Å². The van der Waals surface area contributed by atoms with Crippen molar-refractivity contribution in [2.24, 2.45) is 13.0 Å². The fourth-order valence-corrected chi connectivity index (χ4v) is 1.77. The van der Waals surface area contributed by atoms with Crippen LogP contribution >= 0.6 is 0 Å². The van der Waals surface area contributed by atoms with E-state index in [4.69, 9.17) is 0 Å². The Labute approximate surface area is 87.3 Å². The van der Waals surface area contributed by atoms with E-state index in [1.54, 1.807) is 0 Å². The summed E-state index contributed by atoms with van der Waals surface area (Å²) < 4.78 is 2.17. The summed E-state index contributed by atoms with van der Waals surface area (Å²) in [5.74, 6) is 0.709. The molecule has 0 aromatic carbocycles. The molecule has 1 aromatic heterocycles. The highest BCUT2D eigenvalue weighted by molar-refractivity contribution is 5.06. The molecule has 0 bridgehead atoms. The molecule has 0 aliphatic heterocycles. The van der Waals surface area contributed by atoms with Crippen molar-refractivity contribution in [1.29, 1.82) is 0 Å². The Balaban J connectivity index is 2.43. The molecule has 0 radical (unpaired) electrons. The van der Waals surface area contributed by atoms with Gasteiger partial charge in [0.05, 0.1) is 0 Å². The summed E-state index contributed by atoms with van der Waals surface area (Å²) in [6.07, 6.45) is 3.29. The lowest BCUT2D eigenvalue weighted by atomic mass is 10.0. The summed E-state index contributed by atoms with van der Waals surface area (Å²) in [5.41, 5.74) is 1.35. The van der Waals surface area contributed by atoms with Gasteiger partial charge in [-0.2, -0.15) is 0 Å². The van der Waals surface area contributed by atoms with Crippen LogP contribution in [0, 0.1) is 5.92 Å². The SMILES string of the molecule is CCC(NCc1cccn1C)C(C)C. The van der Waals surface area contributed by atoms with Crippen LogP contribution in [0.5, 0.6) is 0 Å². The molecular weight excluding hydrogens is 172 g/mol. The second-order valence-corrected chi connectivity index (χ2v) is 4.25. The van der Waals surface area contributed by atoms with Gasteiger partial charge in [-0.25, -0.2) is 0 Å². The fraction of sp³-hybridized carbons (Fsp3) is 0.667. The zero-order valence-corrected chi connectivity index (χ0v) is 9.75. The highest BCUT2D eigenvalue weighted by Gasteiger charge is 2.10. The van der Waals surface area contributed by atoms with Crippen molar-refractivity contribution in [3.8, 4) is 0 Å². The zero-order chi connectivity index (χ0) is 10.6. The Morgan fingerprint density at radius 2 is 2.14 bits per heavy atom. The van der Waals surface area contributed by atoms with Crippen molar-refractivity contribution in [2.75, 3.05) is 0 Å². The van der Waals surface area contributed by atoms with E-state index in [9.17, 15) is 0 Å². The lowest BCUT2D eigenvalue weighted by molar-refractivity contribution is 0.384. The summed E-state index contributed by atoms with van der Waals surface area (Å²) in [5, 5.41) is 3.59. The van der Waals surface area contributed by atoms with Gasteiger partial charge in [0.2, 0.25) is 0 Å². The van der Waals surface area contributed by atoms with Crippen LogP contribution < -0.4 is 5.32 Å². The molecule has 0 amide bonds. The number of aryl methyl sites for hydroxylation is 1. The van der Waals surface area contributed by atoms with Gasteiger partial charge in [0.1, 0.15) is 0 Å². The maximum atomic E-state index is 3.59. The van der Waals surface area contributed by atoms with E-state index in [-0.39, 0.29) is 0 Å². The summed E-state index contributed by atoms with van der Waals surface area (Å²) in [6.45, 7) is 7.75. The van der Waals surface area contributed by atoms with Gasteiger partial charge < -0.3 is 9.88 Å². The van der Waals surface area contributed by atoms with E-state index in [1.807, 2.05) is 0 Å². The van der Waals surface area contributed by atoms with Crippen molar-refractivity contribution >= 4 is 0 Å². The quantitative estimate of drug-likeness (QED) is 0.762. The molecule has 1 unspecified atom stereocenters. The third-order valence-electron chi connectivity index (χ3n) is 2.84. The molecule has 80 valence electrons. The van der Waals surface area contributed by atoms with Gasteiger partial charge in [-0.15, -0.1) is 0 Å². The van der Waals surface area contributed by atoms with Crippen LogP contribution in [0.25, 0.3) is 0 Å². The maximum absolute atomic E-state index is 3.59. The predicted octanol–water partition coefficient (Wildman–Crippen LogP) is 2.55. The number of rotatable bonds is 5. The number of hydrogen-bond donors (Lipinski definition) is 1. The van der Waals surface area contributed by atoms with Crippen molar-refractivity contribution < 1.29 is 0 Å². The Morgan fingerprint density at radius 3 is 2.57 bits per heavy atom. The highest BCUT2D eigenvalue weighted by Crippen LogP contribution is 2.07. The topological polar surface area (TPSA) is 17.0 Å². The molecule has 1 N–H and O–H groups in total. The fourth-order valence-electron chi connectivity index (χ4n) is 1.77. The number of nitrogens with zero attached hydrogens (tertiary/aromatic N) is 1. The molecule has 0 saturated heterocycles. The van der Waals surface area contributed by atoms with Gasteiger partial charge >= 0.3 is 0 Å². The Morgan fingerprint density at radius 1 is 1.43 bits per heavy atom. The van der Waals surface area contributed by atoms with Gasteiger partial charge in [-0.1, -0.05) is 20.8 Å². The van der Waals surface area contributed by atoms with E-state index in [0.717, 1.165) is 6.54 Å². The Kier molecular flexibility index (Phi) is 4.21. The zero-order valence-electron chi connectivity index (χ0n) is 9.75. The van der Waals surface area contributed by atoms with Crippen molar-refractivity contribution in [2.45, 2.75) is 39.8 Å². The summed E-state index contributed by atoms with van der Waals surface area (Å²) in [7, 11) is 2.09. The summed E-state index contributed by atoms with van der Waals surface area (Å²) >= 11 is 0. The molecular formula is C12H22N2. The van der Waals surface area contributed by atoms with Crippen molar-refractivity contribution in [3.05, 3.63) is 24.0 Å². The average Bonchev–Trinajstić information content (AvgIpc) is 2.52. The predicted molar refractivity (Wildman–Crippen MR) is 61.2 cm³/mol. The van der Waals surface area contributed by atoms with Gasteiger partial charge in [-0.3, -0.25) is 0 Å². The first kappa shape index (κ1) is 11.3. The van der Waals surface area contributed by atoms with Crippen LogP contribution in [-0.2, 0) is 13.6 Å². The Bertz CT molecular complexity index is 263. The largest absolute Gasteiger partial charge is 0.353 e. The monoisotopic (exact) mass is 194 g/mol. The van der Waals surface area contributed by atoms with Crippen LogP contribution in [-0.4, -0.2) is 10.6 Å². The van der Waals surface area contributed by atoms with Gasteiger partial charge in [0, 0.05) is 31.5 Å². The van der Waals surface area contributed by atoms with Crippen LogP contribution in [0.15, 0.2) is 18.3 Å². The molecule has 0 aliphatic rings. The first-order valence-corrected chi connectivity index (χ1v) is 5.48. The second kappa shape index (κ2) is 5.20. The lowest BCUT2D eigenvalue weighted by Crippen LogP contribution is -2.33. The summed E-state index contributed by atoms with van der Waals surface area (Å²) in [4.78, 5) is 0. The molecule has 0 aliphatic carbocycles. The molecule has 2 nitrogen and oxygen atoms in total. The van der Waals surface area contributed by atoms with Gasteiger partial charge in [-0.05, 0) is 24.5 Å². The van der Waals surface area contributed by atoms with E-state index in [2.05, 4.69) is 56.0 Å². The third-order valence-corrected chi connectivity index (χ3v) is 2.84. The van der Waals surface area contributed by atoms with Gasteiger partial charge in [0.25, 0.3) is 0 Å². The average molecular weight is 194 g/mol. The molecule has 1 rings (SSSR count). The molecule has 1 aromatic rings. The van der Waals surface area contributed by atoms with Crippen LogP contribution in [0.4, 0.5) is 0 Å². The minimum atomic E-state index is 0.630. The maximum Gasteiger partial charge on any atom is 0.0361 e.